The van der Waals surface area contributed by atoms with Gasteiger partial charge in [-0.25, -0.2) is 8.42 Å². The van der Waals surface area contributed by atoms with Crippen LogP contribution in [-0.4, -0.2) is 46.6 Å². The molecule has 0 fully saturated rings. The normalized spacial score (nSPS) is 11.4. The molecule has 0 unspecified atom stereocenters. The Labute approximate surface area is 113 Å². The molecular formula is C9H9N5O5S. The zero-order chi connectivity index (χ0) is 14.8. The molecule has 0 aliphatic rings. The molecule has 0 spiro atoms. The number of hydrogen-bond donors (Lipinski definition) is 0. The third kappa shape index (κ3) is 2.62. The number of aromatic nitrogens is 4. The molecule has 0 bridgehead atoms. The van der Waals surface area contributed by atoms with Crippen molar-refractivity contribution in [2.24, 2.45) is 0 Å². The number of nitro benzene ring substituents is 1. The van der Waals surface area contributed by atoms with E-state index in [-0.39, 0.29) is 11.4 Å². The Morgan fingerprint density at radius 1 is 1.35 bits per heavy atom. The first-order valence-corrected chi connectivity index (χ1v) is 6.86. The summed E-state index contributed by atoms with van der Waals surface area (Å²) in [7, 11) is -2.57. The van der Waals surface area contributed by atoms with E-state index in [1.807, 2.05) is 0 Å². The third-order valence-corrected chi connectivity index (χ3v) is 3.65. The van der Waals surface area contributed by atoms with Crippen molar-refractivity contribution >= 4 is 15.5 Å². The van der Waals surface area contributed by atoms with Gasteiger partial charge < -0.3 is 4.74 Å². The summed E-state index contributed by atoms with van der Waals surface area (Å²) in [5.74, 6) is -0.569. The first-order chi connectivity index (χ1) is 9.45. The SMILES string of the molecule is COCS(=O)(=O)c1nnnn1-c1ccc([N+](=O)[O-])cc1. The van der Waals surface area contributed by atoms with Crippen LogP contribution in [0.3, 0.4) is 0 Å². The van der Waals surface area contributed by atoms with E-state index in [9.17, 15) is 18.5 Å². The molecule has 1 heterocycles. The molecular weight excluding hydrogens is 290 g/mol. The fourth-order valence-corrected chi connectivity index (χ4v) is 2.44. The van der Waals surface area contributed by atoms with Crippen LogP contribution in [-0.2, 0) is 14.6 Å². The summed E-state index contributed by atoms with van der Waals surface area (Å²) in [6.45, 7) is 0. The lowest BCUT2D eigenvalue weighted by Gasteiger charge is -2.04. The van der Waals surface area contributed by atoms with Gasteiger partial charge in [0.05, 0.1) is 10.6 Å². The lowest BCUT2D eigenvalue weighted by molar-refractivity contribution is -0.384. The maximum atomic E-state index is 11.9. The number of hydrogen-bond acceptors (Lipinski definition) is 8. The number of ether oxygens (including phenoxy) is 1. The van der Waals surface area contributed by atoms with Crippen LogP contribution < -0.4 is 0 Å². The summed E-state index contributed by atoms with van der Waals surface area (Å²) < 4.78 is 29.3. The van der Waals surface area contributed by atoms with Gasteiger partial charge in [0.15, 0.2) is 5.94 Å². The molecule has 1 aromatic heterocycles. The van der Waals surface area contributed by atoms with Gasteiger partial charge in [0.25, 0.3) is 10.8 Å². The van der Waals surface area contributed by atoms with E-state index in [0.29, 0.717) is 0 Å². The number of nitrogens with zero attached hydrogens (tertiary/aromatic N) is 5. The van der Waals surface area contributed by atoms with Crippen molar-refractivity contribution in [2.45, 2.75) is 5.16 Å². The highest BCUT2D eigenvalue weighted by molar-refractivity contribution is 7.91. The number of tetrazole rings is 1. The molecule has 106 valence electrons. The Balaban J connectivity index is 2.45. The molecule has 1 aromatic carbocycles. The van der Waals surface area contributed by atoms with Crippen LogP contribution >= 0.6 is 0 Å². The molecule has 0 amide bonds. The van der Waals surface area contributed by atoms with E-state index in [0.717, 1.165) is 4.68 Å². The largest absolute Gasteiger partial charge is 0.368 e. The second kappa shape index (κ2) is 5.30. The number of rotatable bonds is 5. The van der Waals surface area contributed by atoms with E-state index < -0.39 is 25.9 Å². The average molecular weight is 299 g/mol. The molecule has 0 saturated heterocycles. The quantitative estimate of drug-likeness (QED) is 0.554. The summed E-state index contributed by atoms with van der Waals surface area (Å²) in [4.78, 5) is 9.99. The van der Waals surface area contributed by atoms with Crippen LogP contribution in [0.15, 0.2) is 29.4 Å². The van der Waals surface area contributed by atoms with Crippen LogP contribution in [0.5, 0.6) is 0 Å². The summed E-state index contributed by atoms with van der Waals surface area (Å²) in [6, 6.07) is 5.15. The van der Waals surface area contributed by atoms with Crippen LogP contribution in [0.1, 0.15) is 0 Å². The van der Waals surface area contributed by atoms with Crippen molar-refractivity contribution in [2.75, 3.05) is 13.0 Å². The van der Waals surface area contributed by atoms with Crippen molar-refractivity contribution in [3.63, 3.8) is 0 Å². The summed E-state index contributed by atoms with van der Waals surface area (Å²) in [5, 5.41) is 20.5. The fourth-order valence-electron chi connectivity index (χ4n) is 1.46. The highest BCUT2D eigenvalue weighted by Crippen LogP contribution is 2.17. The average Bonchev–Trinajstić information content (AvgIpc) is 2.88. The summed E-state index contributed by atoms with van der Waals surface area (Å²) >= 11 is 0. The van der Waals surface area contributed by atoms with Gasteiger partial charge in [0.1, 0.15) is 0 Å². The maximum Gasteiger partial charge on any atom is 0.274 e. The number of non-ortho nitro benzene ring substituents is 1. The van der Waals surface area contributed by atoms with Gasteiger partial charge >= 0.3 is 0 Å². The molecule has 10 nitrogen and oxygen atoms in total. The number of sulfone groups is 1. The number of benzene rings is 1. The lowest BCUT2D eigenvalue weighted by atomic mass is 10.3. The number of methoxy groups -OCH3 is 1. The Hall–Kier alpha value is -2.40. The summed E-state index contributed by atoms with van der Waals surface area (Å²) in [6.07, 6.45) is 0. The molecule has 20 heavy (non-hydrogen) atoms. The van der Waals surface area contributed by atoms with Gasteiger partial charge in [-0.05, 0) is 22.6 Å². The fraction of sp³-hybridized carbons (Fsp3) is 0.222. The molecule has 2 rings (SSSR count). The third-order valence-electron chi connectivity index (χ3n) is 2.30. The van der Waals surface area contributed by atoms with Gasteiger partial charge in [-0.15, -0.1) is 0 Å². The van der Waals surface area contributed by atoms with Gasteiger partial charge in [-0.2, -0.15) is 4.68 Å². The second-order valence-electron chi connectivity index (χ2n) is 3.67. The molecule has 0 saturated carbocycles. The molecule has 0 aliphatic heterocycles. The van der Waals surface area contributed by atoms with Crippen molar-refractivity contribution in [1.82, 2.24) is 20.2 Å². The minimum Gasteiger partial charge on any atom is -0.368 e. The minimum absolute atomic E-state index is 0.122. The topological polar surface area (TPSA) is 130 Å². The van der Waals surface area contributed by atoms with Crippen LogP contribution in [0.2, 0.25) is 0 Å². The molecule has 0 N–H and O–H groups in total. The van der Waals surface area contributed by atoms with Crippen LogP contribution in [0.25, 0.3) is 5.69 Å². The molecule has 0 atom stereocenters. The Morgan fingerprint density at radius 2 is 2.00 bits per heavy atom. The second-order valence-corrected chi connectivity index (χ2v) is 5.50. The van der Waals surface area contributed by atoms with E-state index in [2.05, 4.69) is 20.3 Å². The smallest absolute Gasteiger partial charge is 0.274 e. The molecule has 0 radical (unpaired) electrons. The van der Waals surface area contributed by atoms with Crippen molar-refractivity contribution < 1.29 is 18.1 Å². The van der Waals surface area contributed by atoms with Crippen LogP contribution in [0, 0.1) is 10.1 Å². The molecule has 11 heteroatoms. The van der Waals surface area contributed by atoms with Crippen molar-refractivity contribution in [3.05, 3.63) is 34.4 Å². The highest BCUT2D eigenvalue weighted by atomic mass is 32.2. The number of nitro groups is 1. The molecule has 0 aliphatic carbocycles. The van der Waals surface area contributed by atoms with Crippen molar-refractivity contribution in [1.29, 1.82) is 0 Å². The van der Waals surface area contributed by atoms with Crippen LogP contribution in [0.4, 0.5) is 5.69 Å². The lowest BCUT2D eigenvalue weighted by Crippen LogP contribution is -2.15. The first kappa shape index (κ1) is 14.0. The van der Waals surface area contributed by atoms with Gasteiger partial charge in [0.2, 0.25) is 9.84 Å². The van der Waals surface area contributed by atoms with Crippen molar-refractivity contribution in [3.8, 4) is 5.69 Å². The van der Waals surface area contributed by atoms with E-state index in [4.69, 9.17) is 0 Å². The monoisotopic (exact) mass is 299 g/mol. The predicted octanol–water partition coefficient (Wildman–Crippen LogP) is -0.0519. The Bertz CT molecular complexity index is 723. The Morgan fingerprint density at radius 3 is 2.55 bits per heavy atom. The minimum atomic E-state index is -3.80. The zero-order valence-electron chi connectivity index (χ0n) is 10.2. The Kier molecular flexibility index (Phi) is 3.72. The van der Waals surface area contributed by atoms with Gasteiger partial charge in [0, 0.05) is 19.2 Å². The summed E-state index contributed by atoms with van der Waals surface area (Å²) in [5.41, 5.74) is 0.165. The first-order valence-electron chi connectivity index (χ1n) is 5.20. The van der Waals surface area contributed by atoms with Gasteiger partial charge in [-0.3, -0.25) is 10.1 Å². The zero-order valence-corrected chi connectivity index (χ0v) is 11.0. The highest BCUT2D eigenvalue weighted by Gasteiger charge is 2.23. The van der Waals surface area contributed by atoms with E-state index in [1.54, 1.807) is 0 Å². The maximum absolute atomic E-state index is 11.9. The standard InChI is InChI=1S/C9H9N5O5S/c1-19-6-20(17,18)9-10-11-12-13(9)7-2-4-8(5-3-7)14(15)16/h2-5H,6H2,1H3. The van der Waals surface area contributed by atoms with E-state index in [1.165, 1.54) is 31.4 Å². The van der Waals surface area contributed by atoms with Gasteiger partial charge in [-0.1, -0.05) is 5.10 Å². The van der Waals surface area contributed by atoms with E-state index >= 15 is 0 Å². The molecule has 2 aromatic rings. The predicted molar refractivity (Wildman–Crippen MR) is 64.9 cm³/mol.